The van der Waals surface area contributed by atoms with Crippen molar-refractivity contribution in [3.63, 3.8) is 0 Å². The van der Waals surface area contributed by atoms with Crippen LogP contribution in [0.1, 0.15) is 11.1 Å². The first-order valence-electron chi connectivity index (χ1n) is 4.59. The zero-order valence-electron chi connectivity index (χ0n) is 7.59. The Morgan fingerprint density at radius 1 is 1.21 bits per heavy atom. The summed E-state index contributed by atoms with van der Waals surface area (Å²) in [7, 11) is 0. The molecular formula is C11H9N3. The molecule has 0 spiro atoms. The summed E-state index contributed by atoms with van der Waals surface area (Å²) in [6.07, 6.45) is 5.71. The van der Waals surface area contributed by atoms with Crippen molar-refractivity contribution < 1.29 is 0 Å². The molecule has 0 amide bonds. The summed E-state index contributed by atoms with van der Waals surface area (Å²) in [5.41, 5.74) is 2.30. The summed E-state index contributed by atoms with van der Waals surface area (Å²) in [6.45, 7) is 0.809. The molecule has 0 aromatic heterocycles. The van der Waals surface area contributed by atoms with Gasteiger partial charge in [0.2, 0.25) is 0 Å². The van der Waals surface area contributed by atoms with E-state index in [2.05, 4.69) is 22.2 Å². The van der Waals surface area contributed by atoms with Crippen molar-refractivity contribution in [1.29, 1.82) is 0 Å². The predicted octanol–water partition coefficient (Wildman–Crippen LogP) is 1.61. The molecule has 0 fully saturated rings. The van der Waals surface area contributed by atoms with Crippen LogP contribution in [0.2, 0.25) is 0 Å². The topological polar surface area (TPSA) is 28.0 Å². The van der Waals surface area contributed by atoms with Crippen molar-refractivity contribution in [2.24, 2.45) is 10.1 Å². The lowest BCUT2D eigenvalue weighted by Gasteiger charge is -2.25. The van der Waals surface area contributed by atoms with Gasteiger partial charge in [0.1, 0.15) is 0 Å². The third kappa shape index (κ3) is 0.988. The molecule has 0 bridgehead atoms. The number of hydrazone groups is 1. The van der Waals surface area contributed by atoms with Gasteiger partial charge in [-0.1, -0.05) is 24.3 Å². The van der Waals surface area contributed by atoms with Gasteiger partial charge in [-0.3, -0.25) is 0 Å². The van der Waals surface area contributed by atoms with Gasteiger partial charge in [-0.2, -0.15) is 5.10 Å². The van der Waals surface area contributed by atoms with Crippen molar-refractivity contribution in [1.82, 2.24) is 5.01 Å². The zero-order chi connectivity index (χ0) is 9.38. The minimum Gasteiger partial charge on any atom is -0.243 e. The molecule has 1 aromatic carbocycles. The number of benzene rings is 1. The Balaban J connectivity index is 2.22. The highest BCUT2D eigenvalue weighted by Crippen LogP contribution is 2.17. The van der Waals surface area contributed by atoms with Crippen LogP contribution in [0, 0.1) is 0 Å². The second-order valence-electron chi connectivity index (χ2n) is 3.25. The van der Waals surface area contributed by atoms with E-state index in [-0.39, 0.29) is 0 Å². The second kappa shape index (κ2) is 2.80. The molecule has 0 unspecified atom stereocenters. The van der Waals surface area contributed by atoms with Crippen molar-refractivity contribution in [2.45, 2.75) is 0 Å². The molecule has 2 aliphatic rings. The molecule has 0 saturated carbocycles. The molecule has 2 aliphatic heterocycles. The summed E-state index contributed by atoms with van der Waals surface area (Å²) in [5, 5.41) is 6.22. The van der Waals surface area contributed by atoms with Crippen LogP contribution in [-0.4, -0.2) is 23.6 Å². The highest BCUT2D eigenvalue weighted by molar-refractivity contribution is 6.08. The quantitative estimate of drug-likeness (QED) is 0.600. The molecule has 0 N–H and O–H groups in total. The maximum atomic E-state index is 4.34. The molecular weight excluding hydrogens is 174 g/mol. The van der Waals surface area contributed by atoms with Crippen LogP contribution in [0.5, 0.6) is 0 Å². The van der Waals surface area contributed by atoms with Gasteiger partial charge >= 0.3 is 0 Å². The van der Waals surface area contributed by atoms with E-state index in [1.807, 2.05) is 35.6 Å². The van der Waals surface area contributed by atoms with E-state index in [0.717, 1.165) is 23.5 Å². The average molecular weight is 183 g/mol. The summed E-state index contributed by atoms with van der Waals surface area (Å²) in [5.74, 6) is 0.950. The van der Waals surface area contributed by atoms with Crippen molar-refractivity contribution in [3.8, 4) is 0 Å². The van der Waals surface area contributed by atoms with E-state index >= 15 is 0 Å². The summed E-state index contributed by atoms with van der Waals surface area (Å²) in [6, 6.07) is 8.17. The highest BCUT2D eigenvalue weighted by atomic mass is 15.5. The molecule has 0 saturated heterocycles. The Kier molecular flexibility index (Phi) is 1.50. The molecule has 1 aromatic rings. The van der Waals surface area contributed by atoms with Gasteiger partial charge in [-0.15, -0.1) is 0 Å². The number of rotatable bonds is 0. The summed E-state index contributed by atoms with van der Waals surface area (Å²) in [4.78, 5) is 4.34. The Labute approximate surface area is 82.1 Å². The minimum absolute atomic E-state index is 0.809. The summed E-state index contributed by atoms with van der Waals surface area (Å²) < 4.78 is 0. The first-order valence-corrected chi connectivity index (χ1v) is 4.59. The van der Waals surface area contributed by atoms with Crippen LogP contribution in [0.3, 0.4) is 0 Å². The van der Waals surface area contributed by atoms with Crippen molar-refractivity contribution in [3.05, 3.63) is 47.7 Å². The maximum absolute atomic E-state index is 4.34. The molecule has 14 heavy (non-hydrogen) atoms. The first kappa shape index (κ1) is 7.50. The number of hydrogen-bond donors (Lipinski definition) is 0. The predicted molar refractivity (Wildman–Crippen MR) is 56.4 cm³/mol. The largest absolute Gasteiger partial charge is 0.243 e. The Morgan fingerprint density at radius 2 is 2.14 bits per heavy atom. The van der Waals surface area contributed by atoms with E-state index < -0.39 is 0 Å². The molecule has 3 nitrogen and oxygen atoms in total. The van der Waals surface area contributed by atoms with Crippen LogP contribution in [0.4, 0.5) is 0 Å². The van der Waals surface area contributed by atoms with Crippen LogP contribution in [0.25, 0.3) is 0 Å². The third-order valence-corrected chi connectivity index (χ3v) is 2.36. The first-order chi connectivity index (χ1) is 6.95. The number of hydrogen-bond acceptors (Lipinski definition) is 3. The van der Waals surface area contributed by atoms with Gasteiger partial charge in [-0.05, 0) is 6.08 Å². The van der Waals surface area contributed by atoms with Crippen LogP contribution in [-0.2, 0) is 0 Å². The normalized spacial score (nSPS) is 17.4. The standard InChI is InChI=1S/C11H9N3/c1-2-5-10-9(4-1)8-13-14-7-3-6-12-11(10)14/h1-6,8H,7H2. The Hall–Kier alpha value is -1.90. The van der Waals surface area contributed by atoms with E-state index in [0.29, 0.717) is 0 Å². The maximum Gasteiger partial charge on any atom is 0.157 e. The Bertz CT molecular complexity index is 457. The van der Waals surface area contributed by atoms with Crippen molar-refractivity contribution >= 4 is 12.1 Å². The molecule has 0 radical (unpaired) electrons. The highest BCUT2D eigenvalue weighted by Gasteiger charge is 2.19. The molecule has 2 heterocycles. The van der Waals surface area contributed by atoms with Gasteiger partial charge in [0.15, 0.2) is 5.84 Å². The van der Waals surface area contributed by atoms with E-state index in [4.69, 9.17) is 0 Å². The summed E-state index contributed by atoms with van der Waals surface area (Å²) >= 11 is 0. The number of fused-ring (bicyclic) bond motifs is 3. The van der Waals surface area contributed by atoms with Crippen molar-refractivity contribution in [2.75, 3.05) is 6.54 Å². The second-order valence-corrected chi connectivity index (χ2v) is 3.25. The SMILES string of the molecule is C1=CN=C2c3ccccc3C=NN2C1. The molecule has 0 atom stereocenters. The van der Waals surface area contributed by atoms with E-state index in [9.17, 15) is 0 Å². The Morgan fingerprint density at radius 3 is 3.14 bits per heavy atom. The van der Waals surface area contributed by atoms with Gasteiger partial charge in [0.05, 0.1) is 12.8 Å². The van der Waals surface area contributed by atoms with Gasteiger partial charge in [0.25, 0.3) is 0 Å². The average Bonchev–Trinajstić information content (AvgIpc) is 2.29. The van der Waals surface area contributed by atoms with Gasteiger partial charge in [-0.25, -0.2) is 10.0 Å². The fourth-order valence-corrected chi connectivity index (χ4v) is 1.68. The number of amidine groups is 1. The lowest BCUT2D eigenvalue weighted by atomic mass is 10.1. The molecule has 68 valence electrons. The minimum atomic E-state index is 0.809. The fourth-order valence-electron chi connectivity index (χ4n) is 1.68. The van der Waals surface area contributed by atoms with Gasteiger partial charge < -0.3 is 0 Å². The smallest absolute Gasteiger partial charge is 0.157 e. The lowest BCUT2D eigenvalue weighted by molar-refractivity contribution is 0.488. The molecule has 3 heteroatoms. The van der Waals surface area contributed by atoms with Crippen LogP contribution >= 0.6 is 0 Å². The monoisotopic (exact) mass is 183 g/mol. The fraction of sp³-hybridized carbons (Fsp3) is 0.0909. The number of nitrogens with zero attached hydrogens (tertiary/aromatic N) is 3. The third-order valence-electron chi connectivity index (χ3n) is 2.36. The van der Waals surface area contributed by atoms with Crippen LogP contribution < -0.4 is 0 Å². The zero-order valence-corrected chi connectivity index (χ0v) is 7.59. The van der Waals surface area contributed by atoms with E-state index in [1.54, 1.807) is 0 Å². The number of aliphatic imine (C=N–C) groups is 1. The van der Waals surface area contributed by atoms with Gasteiger partial charge in [0, 0.05) is 17.3 Å². The van der Waals surface area contributed by atoms with Crippen LogP contribution in [0.15, 0.2) is 46.6 Å². The van der Waals surface area contributed by atoms with E-state index in [1.165, 1.54) is 0 Å². The molecule has 0 aliphatic carbocycles. The lowest BCUT2D eigenvalue weighted by Crippen LogP contribution is -2.32. The molecule has 3 rings (SSSR count).